The summed E-state index contributed by atoms with van der Waals surface area (Å²) < 4.78 is 10.7. The fourth-order valence-corrected chi connectivity index (χ4v) is 2.29. The average molecular weight is 340 g/mol. The molecule has 0 fully saturated rings. The van der Waals surface area contributed by atoms with Crippen molar-refractivity contribution < 1.29 is 24.2 Å². The average Bonchev–Trinajstić information content (AvgIpc) is 2.61. The van der Waals surface area contributed by atoms with Crippen LogP contribution in [-0.4, -0.2) is 30.6 Å². The van der Waals surface area contributed by atoms with E-state index >= 15 is 0 Å². The van der Waals surface area contributed by atoms with Crippen LogP contribution >= 0.6 is 0 Å². The van der Waals surface area contributed by atoms with Crippen molar-refractivity contribution in [2.45, 2.75) is 13.3 Å². The van der Waals surface area contributed by atoms with E-state index in [2.05, 4.69) is 0 Å². The van der Waals surface area contributed by atoms with Crippen molar-refractivity contribution in [1.82, 2.24) is 0 Å². The normalized spacial score (nSPS) is 10.6. The molecule has 2 rings (SSSR count). The third-order valence-corrected chi connectivity index (χ3v) is 3.51. The highest BCUT2D eigenvalue weighted by molar-refractivity contribution is 6.06. The predicted molar refractivity (Wildman–Crippen MR) is 95.3 cm³/mol. The third kappa shape index (κ3) is 5.21. The highest BCUT2D eigenvalue weighted by Crippen LogP contribution is 2.28. The second-order valence-electron chi connectivity index (χ2n) is 5.31. The van der Waals surface area contributed by atoms with Crippen LogP contribution < -0.4 is 9.47 Å². The van der Waals surface area contributed by atoms with Crippen LogP contribution in [0.25, 0.3) is 6.08 Å². The number of carbonyl (C=O) groups excluding carboxylic acids is 1. The van der Waals surface area contributed by atoms with Crippen LogP contribution in [0, 0.1) is 0 Å². The SMILES string of the molecule is CCOc1ccc(/C=C/C(=O)c2ccc(CC(=O)O)cc2)cc1OC. The van der Waals surface area contributed by atoms with Crippen LogP contribution in [0.4, 0.5) is 0 Å². The minimum atomic E-state index is -0.900. The summed E-state index contributed by atoms with van der Waals surface area (Å²) in [5, 5.41) is 8.75. The van der Waals surface area contributed by atoms with Gasteiger partial charge in [0, 0.05) is 5.56 Å². The molecule has 0 aliphatic rings. The van der Waals surface area contributed by atoms with Gasteiger partial charge < -0.3 is 14.6 Å². The summed E-state index contributed by atoms with van der Waals surface area (Å²) in [5.74, 6) is 0.204. The standard InChI is InChI=1S/C20H20O5/c1-3-25-18-11-7-14(12-19(18)24-2)6-10-17(21)16-8-4-15(5-9-16)13-20(22)23/h4-12H,3,13H2,1-2H3,(H,22,23)/b10-6+. The number of allylic oxidation sites excluding steroid dienone is 1. The van der Waals surface area contributed by atoms with Crippen LogP contribution in [0.2, 0.25) is 0 Å². The molecule has 2 aromatic carbocycles. The number of ether oxygens (including phenoxy) is 2. The van der Waals surface area contributed by atoms with Crippen LogP contribution in [0.5, 0.6) is 11.5 Å². The molecule has 130 valence electrons. The smallest absolute Gasteiger partial charge is 0.307 e. The maximum atomic E-state index is 12.2. The van der Waals surface area contributed by atoms with E-state index in [1.165, 1.54) is 6.08 Å². The molecule has 0 aromatic heterocycles. The van der Waals surface area contributed by atoms with E-state index in [0.29, 0.717) is 29.2 Å². The van der Waals surface area contributed by atoms with Gasteiger partial charge in [0.1, 0.15) is 0 Å². The first-order valence-electron chi connectivity index (χ1n) is 7.87. The largest absolute Gasteiger partial charge is 0.493 e. The van der Waals surface area contributed by atoms with E-state index in [0.717, 1.165) is 5.56 Å². The Balaban J connectivity index is 2.10. The van der Waals surface area contributed by atoms with E-state index in [1.54, 1.807) is 49.6 Å². The monoisotopic (exact) mass is 340 g/mol. The first-order chi connectivity index (χ1) is 12.0. The Bertz CT molecular complexity index is 775. The topological polar surface area (TPSA) is 72.8 Å². The first kappa shape index (κ1) is 18.3. The number of hydrogen-bond acceptors (Lipinski definition) is 4. The highest BCUT2D eigenvalue weighted by atomic mass is 16.5. The summed E-state index contributed by atoms with van der Waals surface area (Å²) in [4.78, 5) is 22.9. The van der Waals surface area contributed by atoms with Crippen molar-refractivity contribution in [2.75, 3.05) is 13.7 Å². The number of carboxylic acids is 1. The molecule has 0 unspecified atom stereocenters. The summed E-state index contributed by atoms with van der Waals surface area (Å²) in [6, 6.07) is 12.0. The molecule has 0 aliphatic carbocycles. The minimum Gasteiger partial charge on any atom is -0.493 e. The molecule has 0 saturated carbocycles. The van der Waals surface area contributed by atoms with Gasteiger partial charge in [-0.05, 0) is 36.3 Å². The number of aliphatic carboxylic acids is 1. The molecule has 5 heteroatoms. The molecule has 0 atom stereocenters. The van der Waals surface area contributed by atoms with Crippen LogP contribution in [0.3, 0.4) is 0 Å². The van der Waals surface area contributed by atoms with Gasteiger partial charge in [0.05, 0.1) is 20.1 Å². The number of methoxy groups -OCH3 is 1. The lowest BCUT2D eigenvalue weighted by molar-refractivity contribution is -0.136. The van der Waals surface area contributed by atoms with Gasteiger partial charge in [-0.3, -0.25) is 9.59 Å². The number of carbonyl (C=O) groups is 2. The zero-order chi connectivity index (χ0) is 18.2. The number of rotatable bonds is 8. The summed E-state index contributed by atoms with van der Waals surface area (Å²) in [7, 11) is 1.56. The molecule has 1 N–H and O–H groups in total. The Morgan fingerprint density at radius 3 is 2.40 bits per heavy atom. The Morgan fingerprint density at radius 2 is 1.80 bits per heavy atom. The summed E-state index contributed by atoms with van der Waals surface area (Å²) >= 11 is 0. The molecular formula is C20H20O5. The summed E-state index contributed by atoms with van der Waals surface area (Å²) in [5.41, 5.74) is 1.98. The molecule has 0 heterocycles. The fraction of sp³-hybridized carbons (Fsp3) is 0.200. The molecule has 0 bridgehead atoms. The lowest BCUT2D eigenvalue weighted by Crippen LogP contribution is -2.01. The zero-order valence-electron chi connectivity index (χ0n) is 14.2. The van der Waals surface area contributed by atoms with Crippen molar-refractivity contribution in [1.29, 1.82) is 0 Å². The fourth-order valence-electron chi connectivity index (χ4n) is 2.29. The van der Waals surface area contributed by atoms with Crippen LogP contribution in [0.1, 0.15) is 28.4 Å². The van der Waals surface area contributed by atoms with E-state index in [4.69, 9.17) is 14.6 Å². The van der Waals surface area contributed by atoms with Gasteiger partial charge in [0.25, 0.3) is 0 Å². The molecule has 0 aliphatic heterocycles. The predicted octanol–water partition coefficient (Wildman–Crippen LogP) is 3.62. The number of carboxylic acid groups (broad SMARTS) is 1. The maximum Gasteiger partial charge on any atom is 0.307 e. The summed E-state index contributed by atoms with van der Waals surface area (Å²) in [6.07, 6.45) is 3.11. The molecule has 25 heavy (non-hydrogen) atoms. The van der Waals surface area contributed by atoms with Crippen LogP contribution in [0.15, 0.2) is 48.5 Å². The molecule has 0 amide bonds. The third-order valence-electron chi connectivity index (χ3n) is 3.51. The van der Waals surface area contributed by atoms with E-state index in [-0.39, 0.29) is 12.2 Å². The van der Waals surface area contributed by atoms with Gasteiger partial charge in [-0.25, -0.2) is 0 Å². The molecular weight excluding hydrogens is 320 g/mol. The molecule has 5 nitrogen and oxygen atoms in total. The number of hydrogen-bond donors (Lipinski definition) is 1. The highest BCUT2D eigenvalue weighted by Gasteiger charge is 2.06. The second-order valence-corrected chi connectivity index (χ2v) is 5.31. The Kier molecular flexibility index (Phi) is 6.34. The Hall–Kier alpha value is -3.08. The van der Waals surface area contributed by atoms with E-state index < -0.39 is 5.97 Å². The first-order valence-corrected chi connectivity index (χ1v) is 7.87. The maximum absolute atomic E-state index is 12.2. The number of benzene rings is 2. The van der Waals surface area contributed by atoms with E-state index in [1.807, 2.05) is 13.0 Å². The lowest BCUT2D eigenvalue weighted by atomic mass is 10.1. The van der Waals surface area contributed by atoms with Crippen molar-refractivity contribution in [3.63, 3.8) is 0 Å². The zero-order valence-corrected chi connectivity index (χ0v) is 14.2. The van der Waals surface area contributed by atoms with Gasteiger partial charge in [-0.2, -0.15) is 0 Å². The Morgan fingerprint density at radius 1 is 1.08 bits per heavy atom. The minimum absolute atomic E-state index is 0.0592. The second kappa shape index (κ2) is 8.68. The van der Waals surface area contributed by atoms with Crippen LogP contribution in [-0.2, 0) is 11.2 Å². The van der Waals surface area contributed by atoms with Gasteiger partial charge in [-0.15, -0.1) is 0 Å². The Labute approximate surface area is 146 Å². The van der Waals surface area contributed by atoms with Crippen molar-refractivity contribution in [3.05, 3.63) is 65.2 Å². The quantitative estimate of drug-likeness (QED) is 0.587. The molecule has 0 spiro atoms. The van der Waals surface area contributed by atoms with Gasteiger partial charge in [0.2, 0.25) is 0 Å². The molecule has 0 saturated heterocycles. The van der Waals surface area contributed by atoms with Crippen molar-refractivity contribution in [2.24, 2.45) is 0 Å². The molecule has 2 aromatic rings. The van der Waals surface area contributed by atoms with Gasteiger partial charge >= 0.3 is 5.97 Å². The van der Waals surface area contributed by atoms with Gasteiger partial charge in [-0.1, -0.05) is 36.4 Å². The lowest BCUT2D eigenvalue weighted by Gasteiger charge is -2.09. The van der Waals surface area contributed by atoms with Crippen molar-refractivity contribution >= 4 is 17.8 Å². The summed E-state index contributed by atoms with van der Waals surface area (Å²) in [6.45, 7) is 2.44. The van der Waals surface area contributed by atoms with E-state index in [9.17, 15) is 9.59 Å². The number of ketones is 1. The van der Waals surface area contributed by atoms with Gasteiger partial charge in [0.15, 0.2) is 17.3 Å². The molecule has 0 radical (unpaired) electrons. The van der Waals surface area contributed by atoms with Crippen molar-refractivity contribution in [3.8, 4) is 11.5 Å².